The van der Waals surface area contributed by atoms with E-state index in [-0.39, 0.29) is 58.8 Å². The van der Waals surface area contributed by atoms with Crippen LogP contribution >= 0.6 is 0 Å². The summed E-state index contributed by atoms with van der Waals surface area (Å²) in [4.78, 5) is 14.1. The van der Waals surface area contributed by atoms with Crippen LogP contribution in [0.5, 0.6) is 17.2 Å². The topological polar surface area (TPSA) is 256 Å². The average molecular weight is 679 g/mol. The van der Waals surface area contributed by atoms with Gasteiger partial charge in [0.15, 0.2) is 12.0 Å². The lowest BCUT2D eigenvalue weighted by Crippen LogP contribution is -2.60. The predicted molar refractivity (Wildman–Crippen MR) is 164 cm³/mol. The van der Waals surface area contributed by atoms with Crippen molar-refractivity contribution >= 4 is 11.4 Å². The number of hydrogen-bond donors (Lipinski definition) is 10. The molecule has 0 radical (unpaired) electrons. The molecule has 2 heterocycles. The van der Waals surface area contributed by atoms with E-state index in [0.29, 0.717) is 5.56 Å². The fourth-order valence-electron chi connectivity index (χ4n) is 6.20. The highest BCUT2D eigenvalue weighted by molar-refractivity contribution is 6.16. The number of ether oxygens (including phenoxy) is 4. The zero-order valence-electron chi connectivity index (χ0n) is 26.5. The summed E-state index contributed by atoms with van der Waals surface area (Å²) in [6, 6.07) is 6.81. The van der Waals surface area contributed by atoms with Gasteiger partial charge in [-0.3, -0.25) is 4.79 Å². The molecule has 48 heavy (non-hydrogen) atoms. The summed E-state index contributed by atoms with van der Waals surface area (Å²) in [5.41, 5.74) is -0.0970. The van der Waals surface area contributed by atoms with Crippen LogP contribution in [0.1, 0.15) is 54.2 Å². The van der Waals surface area contributed by atoms with Gasteiger partial charge in [-0.2, -0.15) is 0 Å². The fraction of sp³-hybridized carbons (Fsp3) is 0.545. The third kappa shape index (κ3) is 6.89. The van der Waals surface area contributed by atoms with Gasteiger partial charge in [0, 0.05) is 18.1 Å². The molecule has 10 unspecified atom stereocenters. The largest absolute Gasteiger partial charge is 0.508 e. The highest BCUT2D eigenvalue weighted by Crippen LogP contribution is 2.44. The average Bonchev–Trinajstić information content (AvgIpc) is 3.03. The zero-order chi connectivity index (χ0) is 35.2. The van der Waals surface area contributed by atoms with Crippen LogP contribution in [0.2, 0.25) is 0 Å². The molecule has 0 bridgehead atoms. The Kier molecular flexibility index (Phi) is 10.4. The lowest BCUT2D eigenvalue weighted by Gasteiger charge is -2.42. The number of carbonyl (C=O) groups excluding carboxylic acids is 1. The lowest BCUT2D eigenvalue weighted by atomic mass is 9.81. The summed E-state index contributed by atoms with van der Waals surface area (Å²) in [5, 5.41) is 103. The summed E-state index contributed by atoms with van der Waals surface area (Å²) >= 11 is 0. The van der Waals surface area contributed by atoms with E-state index in [2.05, 4.69) is 0 Å². The van der Waals surface area contributed by atoms with E-state index in [1.54, 1.807) is 13.8 Å². The summed E-state index contributed by atoms with van der Waals surface area (Å²) in [7, 11) is 0. The minimum absolute atomic E-state index is 0.0565. The van der Waals surface area contributed by atoms with Crippen LogP contribution in [0.4, 0.5) is 0 Å². The molecule has 0 saturated carbocycles. The molecule has 2 fully saturated rings. The summed E-state index contributed by atoms with van der Waals surface area (Å²) in [6.07, 6.45) is -14.7. The highest BCUT2D eigenvalue weighted by Gasteiger charge is 2.47. The first kappa shape index (κ1) is 35.9. The third-order valence-corrected chi connectivity index (χ3v) is 9.08. The van der Waals surface area contributed by atoms with E-state index >= 15 is 0 Å². The second kappa shape index (κ2) is 13.9. The van der Waals surface area contributed by atoms with Gasteiger partial charge in [-0.05, 0) is 62.4 Å². The van der Waals surface area contributed by atoms with Gasteiger partial charge in [0.05, 0.1) is 23.9 Å². The van der Waals surface area contributed by atoms with Crippen molar-refractivity contribution in [2.45, 2.75) is 107 Å². The molecule has 2 saturated heterocycles. The maximum absolute atomic E-state index is 14.1. The standard InChI is InChI=1S/C33H42O15/c1-13-23(38)26(41)28(43)31(45-13)47-30-17(14-4-6-15(35)7-5-14)10-18-16(19(36)11-20(37)22(18)25(30)40)8-9-33(2,3)48-32-29(44)27(42)24(39)21(12-34)46-32/h4-7,11,13,21,23-24,26-29,31-32,34-39,41-44H,8-10,12H2,1-3H3. The molecule has 0 spiro atoms. The molecule has 264 valence electrons. The van der Waals surface area contributed by atoms with Crippen molar-refractivity contribution in [3.05, 3.63) is 58.3 Å². The first-order chi connectivity index (χ1) is 22.5. The van der Waals surface area contributed by atoms with Crippen LogP contribution in [-0.4, -0.2) is 130 Å². The number of aliphatic hydroxyl groups excluding tert-OH is 7. The molecule has 1 aliphatic carbocycles. The van der Waals surface area contributed by atoms with Crippen LogP contribution in [0.25, 0.3) is 5.57 Å². The molecule has 15 heteroatoms. The number of aliphatic hydroxyl groups is 7. The lowest BCUT2D eigenvalue weighted by molar-refractivity contribution is -0.323. The number of phenolic OH excluding ortho intramolecular Hbond substituents is 3. The van der Waals surface area contributed by atoms with Gasteiger partial charge in [-0.15, -0.1) is 0 Å². The highest BCUT2D eigenvalue weighted by atomic mass is 16.7. The van der Waals surface area contributed by atoms with Crippen molar-refractivity contribution in [2.75, 3.05) is 6.61 Å². The zero-order valence-corrected chi connectivity index (χ0v) is 26.5. The number of ketones is 1. The minimum Gasteiger partial charge on any atom is -0.508 e. The third-order valence-electron chi connectivity index (χ3n) is 9.08. The van der Waals surface area contributed by atoms with E-state index in [1.807, 2.05) is 0 Å². The number of Topliss-reactive ketones (excluding diaryl/α,β-unsaturated/α-hetero) is 1. The Balaban J connectivity index is 1.47. The van der Waals surface area contributed by atoms with E-state index in [0.717, 1.165) is 6.07 Å². The van der Waals surface area contributed by atoms with Crippen LogP contribution in [0.3, 0.4) is 0 Å². The smallest absolute Gasteiger partial charge is 0.232 e. The van der Waals surface area contributed by atoms with Crippen LogP contribution in [-0.2, 0) is 31.8 Å². The quantitative estimate of drug-likeness (QED) is 0.158. The first-order valence-corrected chi connectivity index (χ1v) is 15.5. The monoisotopic (exact) mass is 678 g/mol. The summed E-state index contributed by atoms with van der Waals surface area (Å²) in [6.45, 7) is 4.12. The Hall–Kier alpha value is -3.35. The maximum Gasteiger partial charge on any atom is 0.232 e. The minimum atomic E-state index is -1.74. The van der Waals surface area contributed by atoms with Crippen molar-refractivity contribution in [3.8, 4) is 17.2 Å². The Morgan fingerprint density at radius 3 is 2.10 bits per heavy atom. The van der Waals surface area contributed by atoms with Gasteiger partial charge in [-0.1, -0.05) is 12.1 Å². The Labute approximate surface area is 275 Å². The number of benzene rings is 2. The fourth-order valence-corrected chi connectivity index (χ4v) is 6.20. The van der Waals surface area contributed by atoms with Crippen molar-refractivity contribution < 1.29 is 74.8 Å². The summed E-state index contributed by atoms with van der Waals surface area (Å²) in [5.74, 6) is -2.08. The Bertz CT molecular complexity index is 1520. The predicted octanol–water partition coefficient (Wildman–Crippen LogP) is -0.675. The molecule has 0 amide bonds. The van der Waals surface area contributed by atoms with Gasteiger partial charge in [0.1, 0.15) is 60.0 Å². The molecule has 10 N–H and O–H groups in total. The number of rotatable bonds is 9. The van der Waals surface area contributed by atoms with Crippen molar-refractivity contribution in [3.63, 3.8) is 0 Å². The molecule has 15 nitrogen and oxygen atoms in total. The molecule has 2 aliphatic heterocycles. The first-order valence-electron chi connectivity index (χ1n) is 15.5. The van der Waals surface area contributed by atoms with E-state index in [1.165, 1.54) is 31.2 Å². The molecule has 3 aliphatic rings. The second-order valence-corrected chi connectivity index (χ2v) is 13.0. The van der Waals surface area contributed by atoms with Crippen molar-refractivity contribution in [1.29, 1.82) is 0 Å². The van der Waals surface area contributed by atoms with Gasteiger partial charge < -0.3 is 70.0 Å². The molecule has 0 aromatic heterocycles. The number of allylic oxidation sites excluding steroid dienone is 2. The van der Waals surface area contributed by atoms with Crippen LogP contribution in [0.15, 0.2) is 36.1 Å². The number of phenols is 3. The molecule has 10 atom stereocenters. The number of aromatic hydroxyl groups is 3. The SMILES string of the molecule is CC1OC(OC2=C(c3ccc(O)cc3)Cc3c(CCC(C)(C)OC4OC(CO)C(O)C(O)C4O)c(O)cc(O)c3C2=O)C(O)C(O)C1O. The van der Waals surface area contributed by atoms with Gasteiger partial charge in [0.2, 0.25) is 12.1 Å². The van der Waals surface area contributed by atoms with E-state index in [4.69, 9.17) is 18.9 Å². The number of hydrogen-bond acceptors (Lipinski definition) is 15. The number of carbonyl (C=O) groups is 1. The van der Waals surface area contributed by atoms with Crippen LogP contribution < -0.4 is 0 Å². The normalized spacial score (nSPS) is 32.7. The molecule has 2 aromatic rings. The van der Waals surface area contributed by atoms with Crippen molar-refractivity contribution in [1.82, 2.24) is 0 Å². The summed E-state index contributed by atoms with van der Waals surface area (Å²) < 4.78 is 22.9. The van der Waals surface area contributed by atoms with Gasteiger partial charge in [0.25, 0.3) is 0 Å². The Morgan fingerprint density at radius 1 is 0.833 bits per heavy atom. The molecule has 5 rings (SSSR count). The van der Waals surface area contributed by atoms with Gasteiger partial charge in [-0.25, -0.2) is 0 Å². The second-order valence-electron chi connectivity index (χ2n) is 13.0. The van der Waals surface area contributed by atoms with Crippen molar-refractivity contribution in [2.24, 2.45) is 0 Å². The maximum atomic E-state index is 14.1. The Morgan fingerprint density at radius 2 is 1.46 bits per heavy atom. The van der Waals surface area contributed by atoms with E-state index in [9.17, 15) is 55.9 Å². The van der Waals surface area contributed by atoms with Gasteiger partial charge >= 0.3 is 0 Å². The van der Waals surface area contributed by atoms with E-state index < -0.39 is 85.2 Å². The number of fused-ring (bicyclic) bond motifs is 1. The molecule has 2 aromatic carbocycles. The van der Waals surface area contributed by atoms with Crippen LogP contribution in [0, 0.1) is 0 Å². The molecular formula is C33H42O15. The molecular weight excluding hydrogens is 636 g/mol.